The van der Waals surface area contributed by atoms with Crippen molar-refractivity contribution < 1.29 is 14.3 Å². The molecule has 2 aromatic rings. The summed E-state index contributed by atoms with van der Waals surface area (Å²) in [4.78, 5) is 12.3. The predicted molar refractivity (Wildman–Crippen MR) is 75.6 cm³/mol. The van der Waals surface area contributed by atoms with Gasteiger partial charge in [0.05, 0.1) is 49.5 Å². The molecule has 0 spiro atoms. The van der Waals surface area contributed by atoms with Gasteiger partial charge in [-0.1, -0.05) is 0 Å². The summed E-state index contributed by atoms with van der Waals surface area (Å²) in [5, 5.41) is 13.7. The van der Waals surface area contributed by atoms with Crippen molar-refractivity contribution in [3.63, 3.8) is 0 Å². The lowest BCUT2D eigenvalue weighted by Crippen LogP contribution is -2.45. The molecule has 2 N–H and O–H groups in total. The van der Waals surface area contributed by atoms with Crippen LogP contribution in [0.15, 0.2) is 24.8 Å². The van der Waals surface area contributed by atoms with E-state index in [2.05, 4.69) is 20.6 Å². The van der Waals surface area contributed by atoms with E-state index in [0.717, 1.165) is 12.8 Å². The fraction of sp³-hybridized carbons (Fsp3) is 0.500. The highest BCUT2D eigenvalue weighted by Crippen LogP contribution is 2.34. The number of rotatable bonds is 5. The van der Waals surface area contributed by atoms with Gasteiger partial charge in [-0.15, -0.1) is 0 Å². The molecule has 0 aromatic carbocycles. The third kappa shape index (κ3) is 2.69. The van der Waals surface area contributed by atoms with Gasteiger partial charge in [-0.05, 0) is 12.8 Å². The minimum Gasteiger partial charge on any atom is -0.482 e. The number of hydrogen-bond donors (Lipinski definition) is 2. The van der Waals surface area contributed by atoms with Gasteiger partial charge < -0.3 is 14.8 Å². The zero-order valence-corrected chi connectivity index (χ0v) is 11.9. The van der Waals surface area contributed by atoms with E-state index >= 15 is 0 Å². The van der Waals surface area contributed by atoms with Crippen LogP contribution in [-0.2, 0) is 4.74 Å². The molecule has 1 amide bonds. The van der Waals surface area contributed by atoms with Crippen molar-refractivity contribution in [3.8, 4) is 5.75 Å². The lowest BCUT2D eigenvalue weighted by Gasteiger charge is -2.19. The summed E-state index contributed by atoms with van der Waals surface area (Å²) in [5.41, 5.74) is 0.570. The quantitative estimate of drug-likeness (QED) is 0.839. The van der Waals surface area contributed by atoms with Crippen LogP contribution >= 0.6 is 0 Å². The summed E-state index contributed by atoms with van der Waals surface area (Å²) in [6.07, 6.45) is 8.72. The monoisotopic (exact) mass is 303 g/mol. The molecule has 1 aliphatic heterocycles. The first-order valence-electron chi connectivity index (χ1n) is 7.38. The van der Waals surface area contributed by atoms with Crippen LogP contribution in [0.5, 0.6) is 5.75 Å². The van der Waals surface area contributed by atoms with Crippen LogP contribution in [0.25, 0.3) is 0 Å². The second kappa shape index (κ2) is 5.45. The molecule has 4 rings (SSSR count). The van der Waals surface area contributed by atoms with E-state index in [1.807, 2.05) is 4.68 Å². The SMILES string of the molecule is O=C(N[C@H]1COC[C@H]1Oc1cn[nH]c1)c1cnn(C2CC2)c1. The van der Waals surface area contributed by atoms with Gasteiger partial charge >= 0.3 is 0 Å². The van der Waals surface area contributed by atoms with E-state index in [1.165, 1.54) is 0 Å². The molecule has 3 heterocycles. The number of nitrogens with one attached hydrogen (secondary N) is 2. The van der Waals surface area contributed by atoms with Crippen LogP contribution < -0.4 is 10.1 Å². The van der Waals surface area contributed by atoms with Crippen molar-refractivity contribution in [1.82, 2.24) is 25.3 Å². The van der Waals surface area contributed by atoms with E-state index in [1.54, 1.807) is 24.8 Å². The molecule has 8 nitrogen and oxygen atoms in total. The zero-order valence-electron chi connectivity index (χ0n) is 11.9. The molecule has 1 aliphatic carbocycles. The minimum absolute atomic E-state index is 0.150. The lowest BCUT2D eigenvalue weighted by atomic mass is 10.2. The van der Waals surface area contributed by atoms with Gasteiger partial charge in [0, 0.05) is 6.20 Å². The van der Waals surface area contributed by atoms with E-state index in [4.69, 9.17) is 9.47 Å². The molecule has 0 bridgehead atoms. The van der Waals surface area contributed by atoms with Gasteiger partial charge in [0.15, 0.2) is 5.75 Å². The fourth-order valence-corrected chi connectivity index (χ4v) is 2.51. The summed E-state index contributed by atoms with van der Waals surface area (Å²) in [7, 11) is 0. The van der Waals surface area contributed by atoms with E-state index in [-0.39, 0.29) is 18.1 Å². The van der Waals surface area contributed by atoms with Gasteiger partial charge in [-0.3, -0.25) is 14.6 Å². The van der Waals surface area contributed by atoms with Gasteiger partial charge in [-0.25, -0.2) is 0 Å². The summed E-state index contributed by atoms with van der Waals surface area (Å²) in [6.45, 7) is 0.877. The molecular weight excluding hydrogens is 286 g/mol. The molecule has 22 heavy (non-hydrogen) atoms. The Kier molecular flexibility index (Phi) is 3.30. The standard InChI is InChI=1S/C14H17N5O3/c20-14(9-3-17-19(6-9)10-1-2-10)18-12-7-21-8-13(12)22-11-4-15-16-5-11/h3-6,10,12-13H,1-2,7-8H2,(H,15,16)(H,18,20)/t12-,13+/m0/s1. The Morgan fingerprint density at radius 1 is 1.41 bits per heavy atom. The van der Waals surface area contributed by atoms with Gasteiger partial charge in [0.2, 0.25) is 0 Å². The average Bonchev–Trinajstić information content (AvgIpc) is 2.97. The van der Waals surface area contributed by atoms with Crippen LogP contribution in [0.4, 0.5) is 0 Å². The van der Waals surface area contributed by atoms with Crippen LogP contribution in [0, 0.1) is 0 Å². The first-order valence-corrected chi connectivity index (χ1v) is 7.38. The van der Waals surface area contributed by atoms with E-state index in [9.17, 15) is 4.79 Å². The highest BCUT2D eigenvalue weighted by atomic mass is 16.5. The average molecular weight is 303 g/mol. The molecule has 0 unspecified atom stereocenters. The number of hydrogen-bond acceptors (Lipinski definition) is 5. The molecule has 1 saturated carbocycles. The highest BCUT2D eigenvalue weighted by Gasteiger charge is 2.32. The molecular formula is C14H17N5O3. The number of aromatic nitrogens is 4. The van der Waals surface area contributed by atoms with Crippen LogP contribution in [0.1, 0.15) is 29.2 Å². The molecule has 116 valence electrons. The van der Waals surface area contributed by atoms with Crippen molar-refractivity contribution in [2.24, 2.45) is 0 Å². The van der Waals surface area contributed by atoms with Crippen molar-refractivity contribution in [1.29, 1.82) is 0 Å². The third-order valence-electron chi connectivity index (χ3n) is 3.89. The summed E-state index contributed by atoms with van der Waals surface area (Å²) < 4.78 is 13.0. The van der Waals surface area contributed by atoms with Crippen molar-refractivity contribution in [3.05, 3.63) is 30.4 Å². The Labute approximate surface area is 126 Å². The van der Waals surface area contributed by atoms with Crippen molar-refractivity contribution in [2.75, 3.05) is 13.2 Å². The third-order valence-corrected chi connectivity index (χ3v) is 3.89. The summed E-state index contributed by atoms with van der Waals surface area (Å²) in [5.74, 6) is 0.486. The summed E-state index contributed by atoms with van der Waals surface area (Å²) in [6, 6.07) is 0.278. The maximum atomic E-state index is 12.3. The molecule has 2 aromatic heterocycles. The Bertz CT molecular complexity index is 649. The largest absolute Gasteiger partial charge is 0.482 e. The number of carbonyl (C=O) groups excluding carboxylic acids is 1. The first kappa shape index (κ1) is 13.3. The van der Waals surface area contributed by atoms with Crippen LogP contribution in [-0.4, -0.2) is 51.2 Å². The fourth-order valence-electron chi connectivity index (χ4n) is 2.51. The Morgan fingerprint density at radius 3 is 3.09 bits per heavy atom. The highest BCUT2D eigenvalue weighted by molar-refractivity contribution is 5.94. The first-order chi connectivity index (χ1) is 10.8. The zero-order chi connectivity index (χ0) is 14.9. The molecule has 2 fully saturated rings. The molecule has 8 heteroatoms. The summed E-state index contributed by atoms with van der Waals surface area (Å²) >= 11 is 0. The topological polar surface area (TPSA) is 94.1 Å². The van der Waals surface area contributed by atoms with Crippen molar-refractivity contribution in [2.45, 2.75) is 31.0 Å². The Hall–Kier alpha value is -2.35. The van der Waals surface area contributed by atoms with Crippen LogP contribution in [0.3, 0.4) is 0 Å². The number of nitrogens with zero attached hydrogens (tertiary/aromatic N) is 3. The molecule has 1 saturated heterocycles. The van der Waals surface area contributed by atoms with Gasteiger partial charge in [-0.2, -0.15) is 10.2 Å². The van der Waals surface area contributed by atoms with E-state index in [0.29, 0.717) is 30.6 Å². The van der Waals surface area contributed by atoms with Crippen LogP contribution in [0.2, 0.25) is 0 Å². The molecule has 2 aliphatic rings. The Morgan fingerprint density at radius 2 is 2.32 bits per heavy atom. The number of amides is 1. The number of ether oxygens (including phenoxy) is 2. The number of H-pyrrole nitrogens is 1. The normalized spacial score (nSPS) is 24.4. The lowest BCUT2D eigenvalue weighted by molar-refractivity contribution is 0.0904. The van der Waals surface area contributed by atoms with Crippen molar-refractivity contribution >= 4 is 5.91 Å². The molecule has 0 radical (unpaired) electrons. The molecule has 2 atom stereocenters. The number of aromatic amines is 1. The number of carbonyl (C=O) groups is 1. The maximum absolute atomic E-state index is 12.3. The smallest absolute Gasteiger partial charge is 0.254 e. The van der Waals surface area contributed by atoms with Gasteiger partial charge in [0.25, 0.3) is 5.91 Å². The second-order valence-electron chi connectivity index (χ2n) is 5.65. The predicted octanol–water partition coefficient (Wildman–Crippen LogP) is 0.517. The maximum Gasteiger partial charge on any atom is 0.254 e. The Balaban J connectivity index is 1.39. The van der Waals surface area contributed by atoms with Gasteiger partial charge in [0.1, 0.15) is 6.10 Å². The minimum atomic E-state index is -0.222. The van der Waals surface area contributed by atoms with E-state index < -0.39 is 0 Å². The second-order valence-corrected chi connectivity index (χ2v) is 5.65.